The van der Waals surface area contributed by atoms with Crippen molar-refractivity contribution in [1.82, 2.24) is 0 Å². The van der Waals surface area contributed by atoms with Crippen LogP contribution >= 0.6 is 54.8 Å². The summed E-state index contributed by atoms with van der Waals surface area (Å²) in [6.07, 6.45) is 0. The average molecular weight is 450 g/mol. The first-order valence-corrected chi connectivity index (χ1v) is 8.98. The maximum Gasteiger partial charge on any atom is 0.271 e. The van der Waals surface area contributed by atoms with Crippen molar-refractivity contribution >= 4 is 70.5 Å². The zero-order valence-corrected chi connectivity index (χ0v) is 14.5. The van der Waals surface area contributed by atoms with E-state index in [9.17, 15) is 12.8 Å². The Kier molecular flexibility index (Phi) is 4.56. The lowest BCUT2D eigenvalue weighted by atomic mass is 10.3. The molecule has 0 bridgehead atoms. The molecule has 1 N–H and O–H groups in total. The van der Waals surface area contributed by atoms with Crippen molar-refractivity contribution in [3.63, 3.8) is 0 Å². The van der Waals surface area contributed by atoms with Crippen molar-refractivity contribution in [3.8, 4) is 0 Å². The van der Waals surface area contributed by atoms with Crippen LogP contribution in [0.2, 0.25) is 5.02 Å². The Balaban J connectivity index is 2.36. The lowest BCUT2D eigenvalue weighted by Gasteiger charge is -2.07. The zero-order valence-electron chi connectivity index (χ0n) is 8.95. The Labute approximate surface area is 135 Å². The van der Waals surface area contributed by atoms with E-state index in [-0.39, 0.29) is 9.90 Å². The van der Waals surface area contributed by atoms with Crippen molar-refractivity contribution in [1.29, 1.82) is 0 Å². The predicted molar refractivity (Wildman–Crippen MR) is 81.9 cm³/mol. The summed E-state index contributed by atoms with van der Waals surface area (Å²) in [5, 5.41) is 0.293. The number of nitrogens with one attached hydrogen (secondary N) is 1. The molecule has 0 aliphatic carbocycles. The Morgan fingerprint density at radius 1 is 1.26 bits per heavy atom. The highest BCUT2D eigenvalue weighted by Crippen LogP contribution is 2.35. The van der Waals surface area contributed by atoms with Gasteiger partial charge in [-0.1, -0.05) is 27.5 Å². The average Bonchev–Trinajstić information content (AvgIpc) is 2.64. The third-order valence-electron chi connectivity index (χ3n) is 2.06. The Hall–Kier alpha value is -0.150. The largest absolute Gasteiger partial charge is 0.276 e. The van der Waals surface area contributed by atoms with E-state index in [1.807, 2.05) is 0 Å². The van der Waals surface area contributed by atoms with Gasteiger partial charge >= 0.3 is 0 Å². The highest BCUT2D eigenvalue weighted by molar-refractivity contribution is 9.11. The van der Waals surface area contributed by atoms with Gasteiger partial charge in [0.15, 0.2) is 0 Å². The molecule has 9 heteroatoms. The van der Waals surface area contributed by atoms with Gasteiger partial charge in [-0.25, -0.2) is 12.8 Å². The maximum absolute atomic E-state index is 13.6. The summed E-state index contributed by atoms with van der Waals surface area (Å²) in [5.74, 6) is -0.667. The van der Waals surface area contributed by atoms with Crippen LogP contribution in [-0.4, -0.2) is 8.42 Å². The Morgan fingerprint density at radius 2 is 1.95 bits per heavy atom. The standard InChI is InChI=1S/C10H5Br2ClFNO2S2/c11-5-1-2-8(7(14)3-5)15-19(16,17)9-4-6(13)10(12)18-9/h1-4,15H. The minimum absolute atomic E-state index is 0.00620. The SMILES string of the molecule is O=S(=O)(Nc1ccc(Br)cc1F)c1cc(Cl)c(Br)s1. The van der Waals surface area contributed by atoms with E-state index in [2.05, 4.69) is 36.6 Å². The van der Waals surface area contributed by atoms with E-state index in [1.165, 1.54) is 24.3 Å². The van der Waals surface area contributed by atoms with Gasteiger partial charge in [0.1, 0.15) is 10.0 Å². The highest BCUT2D eigenvalue weighted by atomic mass is 79.9. The number of benzene rings is 1. The monoisotopic (exact) mass is 447 g/mol. The van der Waals surface area contributed by atoms with Gasteiger partial charge in [-0.2, -0.15) is 0 Å². The topological polar surface area (TPSA) is 46.2 Å². The molecular weight excluding hydrogens is 445 g/mol. The smallest absolute Gasteiger partial charge is 0.271 e. The highest BCUT2D eigenvalue weighted by Gasteiger charge is 2.20. The molecule has 0 radical (unpaired) electrons. The molecular formula is C10H5Br2ClFNO2S2. The van der Waals surface area contributed by atoms with Crippen LogP contribution in [0.5, 0.6) is 0 Å². The summed E-state index contributed by atoms with van der Waals surface area (Å²) in [5.41, 5.74) is -0.121. The molecule has 19 heavy (non-hydrogen) atoms. The van der Waals surface area contributed by atoms with Crippen LogP contribution < -0.4 is 4.72 Å². The van der Waals surface area contributed by atoms with E-state index in [4.69, 9.17) is 11.6 Å². The summed E-state index contributed by atoms with van der Waals surface area (Å²) in [4.78, 5) is 0. The lowest BCUT2D eigenvalue weighted by molar-refractivity contribution is 0.600. The van der Waals surface area contributed by atoms with Crippen molar-refractivity contribution in [2.24, 2.45) is 0 Å². The Bertz CT molecular complexity index is 714. The van der Waals surface area contributed by atoms with E-state index >= 15 is 0 Å². The number of halogens is 4. The quantitative estimate of drug-likeness (QED) is 0.727. The minimum Gasteiger partial charge on any atom is -0.276 e. The maximum atomic E-state index is 13.6. The zero-order chi connectivity index (χ0) is 14.2. The summed E-state index contributed by atoms with van der Waals surface area (Å²) in [6, 6.07) is 5.35. The summed E-state index contributed by atoms with van der Waals surface area (Å²) < 4.78 is 40.9. The molecule has 1 aromatic carbocycles. The van der Waals surface area contributed by atoms with Crippen molar-refractivity contribution in [2.45, 2.75) is 4.21 Å². The van der Waals surface area contributed by atoms with Gasteiger partial charge in [0.2, 0.25) is 0 Å². The van der Waals surface area contributed by atoms with Crippen LogP contribution in [-0.2, 0) is 10.0 Å². The molecule has 0 aliphatic rings. The number of rotatable bonds is 3. The molecule has 2 rings (SSSR count). The third kappa shape index (κ3) is 3.49. The fourth-order valence-corrected chi connectivity index (χ4v) is 5.03. The Morgan fingerprint density at radius 3 is 2.47 bits per heavy atom. The molecule has 0 unspecified atom stereocenters. The van der Waals surface area contributed by atoms with Crippen LogP contribution in [0.4, 0.5) is 10.1 Å². The van der Waals surface area contributed by atoms with Gasteiger partial charge in [0.25, 0.3) is 10.0 Å². The van der Waals surface area contributed by atoms with E-state index in [0.717, 1.165) is 11.3 Å². The second-order valence-corrected chi connectivity index (χ2v) is 9.02. The van der Waals surface area contributed by atoms with Crippen LogP contribution in [0.25, 0.3) is 0 Å². The molecule has 0 aliphatic heterocycles. The molecule has 102 valence electrons. The fraction of sp³-hybridized carbons (Fsp3) is 0. The molecule has 0 spiro atoms. The van der Waals surface area contributed by atoms with E-state index in [1.54, 1.807) is 0 Å². The van der Waals surface area contributed by atoms with Crippen LogP contribution in [0.15, 0.2) is 36.7 Å². The molecule has 3 nitrogen and oxygen atoms in total. The number of hydrogen-bond donors (Lipinski definition) is 1. The predicted octanol–water partition coefficient (Wildman–Crippen LogP) is 4.87. The summed E-state index contributed by atoms with van der Waals surface area (Å²) in [6.45, 7) is 0. The number of anilines is 1. The van der Waals surface area contributed by atoms with Gasteiger partial charge in [-0.15, -0.1) is 11.3 Å². The van der Waals surface area contributed by atoms with Gasteiger partial charge in [-0.3, -0.25) is 4.72 Å². The van der Waals surface area contributed by atoms with Gasteiger partial charge in [-0.05, 0) is 40.2 Å². The molecule has 2 aromatic rings. The van der Waals surface area contributed by atoms with Crippen LogP contribution in [0, 0.1) is 5.82 Å². The number of thiophene rings is 1. The third-order valence-corrected chi connectivity index (χ3v) is 6.87. The minimum atomic E-state index is -3.85. The fourth-order valence-electron chi connectivity index (χ4n) is 1.23. The first-order valence-electron chi connectivity index (χ1n) is 4.72. The lowest BCUT2D eigenvalue weighted by Crippen LogP contribution is -2.12. The molecule has 1 aromatic heterocycles. The second kappa shape index (κ2) is 5.69. The van der Waals surface area contributed by atoms with Crippen molar-refractivity contribution in [2.75, 3.05) is 4.72 Å². The molecule has 0 saturated heterocycles. The van der Waals surface area contributed by atoms with Crippen LogP contribution in [0.3, 0.4) is 0 Å². The normalized spacial score (nSPS) is 11.6. The van der Waals surface area contributed by atoms with Gasteiger partial charge in [0, 0.05) is 4.47 Å². The number of hydrogen-bond acceptors (Lipinski definition) is 3. The first-order chi connectivity index (χ1) is 8.79. The van der Waals surface area contributed by atoms with Crippen LogP contribution in [0.1, 0.15) is 0 Å². The second-order valence-electron chi connectivity index (χ2n) is 3.42. The molecule has 0 saturated carbocycles. The van der Waals surface area contributed by atoms with Crippen molar-refractivity contribution in [3.05, 3.63) is 43.4 Å². The molecule has 1 heterocycles. The number of sulfonamides is 1. The van der Waals surface area contributed by atoms with Gasteiger partial charge < -0.3 is 0 Å². The summed E-state index contributed by atoms with van der Waals surface area (Å²) in [7, 11) is -3.85. The molecule has 0 fully saturated rings. The molecule has 0 atom stereocenters. The van der Waals surface area contributed by atoms with Gasteiger partial charge in [0.05, 0.1) is 14.5 Å². The summed E-state index contributed by atoms with van der Waals surface area (Å²) >= 11 is 13.0. The first kappa shape index (κ1) is 15.2. The molecule has 0 amide bonds. The van der Waals surface area contributed by atoms with Crippen molar-refractivity contribution < 1.29 is 12.8 Å². The van der Waals surface area contributed by atoms with E-state index in [0.29, 0.717) is 13.3 Å². The van der Waals surface area contributed by atoms with E-state index < -0.39 is 15.8 Å².